The van der Waals surface area contributed by atoms with Gasteiger partial charge in [-0.2, -0.15) is 5.10 Å². The minimum absolute atomic E-state index is 0.127. The Balaban J connectivity index is 1.91. The van der Waals surface area contributed by atoms with Crippen LogP contribution in [0.25, 0.3) is 0 Å². The molecule has 0 radical (unpaired) electrons. The van der Waals surface area contributed by atoms with E-state index in [1.807, 2.05) is 13.1 Å². The zero-order chi connectivity index (χ0) is 11.0. The number of nitrogens with zero attached hydrogens (tertiary/aromatic N) is 2. The van der Waals surface area contributed by atoms with Gasteiger partial charge >= 0.3 is 0 Å². The van der Waals surface area contributed by atoms with Crippen molar-refractivity contribution in [2.45, 2.75) is 31.7 Å². The molecule has 0 spiro atoms. The third kappa shape index (κ3) is 1.82. The summed E-state index contributed by atoms with van der Waals surface area (Å²) < 4.78 is 0. The molecular weight excluding hydrogens is 192 g/mol. The van der Waals surface area contributed by atoms with Crippen molar-refractivity contribution in [2.75, 3.05) is 12.8 Å². The zero-order valence-corrected chi connectivity index (χ0v) is 9.03. The molecule has 82 valence electrons. The Kier molecular flexibility index (Phi) is 2.38. The topological polar surface area (TPSA) is 75.0 Å². The Morgan fingerprint density at radius 1 is 1.67 bits per heavy atom. The number of amides is 1. The third-order valence-corrected chi connectivity index (χ3v) is 3.21. The van der Waals surface area contributed by atoms with Gasteiger partial charge in [-0.25, -0.2) is 0 Å². The molecule has 1 aliphatic carbocycles. The highest BCUT2D eigenvalue weighted by Gasteiger charge is 2.34. The quantitative estimate of drug-likeness (QED) is 0.751. The first-order chi connectivity index (χ1) is 7.08. The third-order valence-electron chi connectivity index (χ3n) is 3.21. The van der Waals surface area contributed by atoms with Gasteiger partial charge in [0.1, 0.15) is 5.82 Å². The lowest BCUT2D eigenvalue weighted by Gasteiger charge is -2.40. The second-order valence-corrected chi connectivity index (χ2v) is 4.20. The molecule has 5 nitrogen and oxygen atoms in total. The van der Waals surface area contributed by atoms with Crippen LogP contribution in [0.4, 0.5) is 5.82 Å². The number of nitrogens with two attached hydrogens (primary N) is 1. The molecule has 1 aliphatic rings. The van der Waals surface area contributed by atoms with Crippen LogP contribution in [-0.4, -0.2) is 34.1 Å². The monoisotopic (exact) mass is 208 g/mol. The van der Waals surface area contributed by atoms with Crippen LogP contribution >= 0.6 is 0 Å². The van der Waals surface area contributed by atoms with E-state index in [-0.39, 0.29) is 5.91 Å². The van der Waals surface area contributed by atoms with Crippen molar-refractivity contribution in [2.24, 2.45) is 0 Å². The molecule has 0 unspecified atom stereocenters. The average molecular weight is 208 g/mol. The average Bonchev–Trinajstić information content (AvgIpc) is 2.49. The minimum Gasteiger partial charge on any atom is -0.382 e. The summed E-state index contributed by atoms with van der Waals surface area (Å²) in [6.07, 6.45) is 2.00. The number of nitrogens with one attached hydrogen (secondary N) is 1. The largest absolute Gasteiger partial charge is 0.382 e. The number of carbonyl (C=O) groups excluding carboxylic acids is 1. The molecule has 0 atom stereocenters. The summed E-state index contributed by atoms with van der Waals surface area (Å²) >= 11 is 0. The van der Waals surface area contributed by atoms with Crippen molar-refractivity contribution in [3.8, 4) is 0 Å². The van der Waals surface area contributed by atoms with E-state index < -0.39 is 0 Å². The Hall–Kier alpha value is -1.52. The molecule has 1 fully saturated rings. The smallest absolute Gasteiger partial charge is 0.219 e. The van der Waals surface area contributed by atoms with E-state index >= 15 is 0 Å². The first-order valence-electron chi connectivity index (χ1n) is 5.12. The van der Waals surface area contributed by atoms with E-state index in [1.165, 1.54) is 0 Å². The number of anilines is 1. The van der Waals surface area contributed by atoms with Crippen LogP contribution in [0.15, 0.2) is 6.07 Å². The molecule has 3 N–H and O–H groups in total. The molecular formula is C10H16N4O. The van der Waals surface area contributed by atoms with Gasteiger partial charge in [-0.15, -0.1) is 0 Å². The highest BCUT2D eigenvalue weighted by atomic mass is 16.2. The number of hydrogen-bond donors (Lipinski definition) is 2. The van der Waals surface area contributed by atoms with Crippen molar-refractivity contribution < 1.29 is 4.79 Å². The number of aromatic amines is 1. The summed E-state index contributed by atoms with van der Waals surface area (Å²) in [5, 5.41) is 6.81. The molecule has 0 aliphatic heterocycles. The van der Waals surface area contributed by atoms with E-state index in [0.29, 0.717) is 17.8 Å². The Bertz CT molecular complexity index is 367. The Labute approximate surface area is 88.6 Å². The van der Waals surface area contributed by atoms with Crippen LogP contribution in [0.1, 0.15) is 31.4 Å². The number of H-pyrrole nitrogens is 1. The van der Waals surface area contributed by atoms with Gasteiger partial charge in [0.05, 0.1) is 0 Å². The second kappa shape index (κ2) is 3.56. The maximum atomic E-state index is 11.1. The van der Waals surface area contributed by atoms with E-state index in [0.717, 1.165) is 18.5 Å². The molecule has 1 aromatic heterocycles. The zero-order valence-electron chi connectivity index (χ0n) is 9.03. The van der Waals surface area contributed by atoms with Crippen LogP contribution in [0, 0.1) is 0 Å². The van der Waals surface area contributed by atoms with E-state index in [1.54, 1.807) is 11.8 Å². The normalized spacial score (nSPS) is 24.7. The highest BCUT2D eigenvalue weighted by Crippen LogP contribution is 2.38. The highest BCUT2D eigenvalue weighted by molar-refractivity contribution is 5.73. The first kappa shape index (κ1) is 10.0. The molecule has 1 saturated carbocycles. The molecule has 1 amide bonds. The predicted molar refractivity (Wildman–Crippen MR) is 57.2 cm³/mol. The van der Waals surface area contributed by atoms with Gasteiger partial charge in [0, 0.05) is 37.7 Å². The number of carbonyl (C=O) groups is 1. The van der Waals surface area contributed by atoms with Gasteiger partial charge in [-0.3, -0.25) is 9.89 Å². The molecule has 2 rings (SSSR count). The van der Waals surface area contributed by atoms with E-state index in [2.05, 4.69) is 10.2 Å². The number of nitrogen functional groups attached to an aromatic ring is 1. The van der Waals surface area contributed by atoms with Crippen molar-refractivity contribution in [1.29, 1.82) is 0 Å². The number of rotatable bonds is 2. The minimum atomic E-state index is 0.127. The first-order valence-corrected chi connectivity index (χ1v) is 5.12. The van der Waals surface area contributed by atoms with Crippen LogP contribution in [-0.2, 0) is 4.79 Å². The molecule has 0 bridgehead atoms. The molecule has 15 heavy (non-hydrogen) atoms. The standard InChI is InChI=1S/C10H16N4O/c1-6(15)14(2)8-3-7(4-8)9-5-10(11)13-12-9/h5,7-8H,3-4H2,1-2H3,(H3,11,12,13). The summed E-state index contributed by atoms with van der Waals surface area (Å²) in [6.45, 7) is 1.60. The van der Waals surface area contributed by atoms with Gasteiger partial charge in [-0.1, -0.05) is 0 Å². The number of aromatic nitrogens is 2. The van der Waals surface area contributed by atoms with Crippen molar-refractivity contribution in [3.63, 3.8) is 0 Å². The molecule has 1 heterocycles. The van der Waals surface area contributed by atoms with E-state index in [9.17, 15) is 4.79 Å². The lowest BCUT2D eigenvalue weighted by Crippen LogP contribution is -2.43. The summed E-state index contributed by atoms with van der Waals surface area (Å²) in [4.78, 5) is 12.9. The lowest BCUT2D eigenvalue weighted by atomic mass is 9.77. The fourth-order valence-electron chi connectivity index (χ4n) is 1.98. The van der Waals surface area contributed by atoms with Crippen molar-refractivity contribution >= 4 is 11.7 Å². The van der Waals surface area contributed by atoms with Gasteiger partial charge in [0.25, 0.3) is 0 Å². The maximum Gasteiger partial charge on any atom is 0.219 e. The summed E-state index contributed by atoms with van der Waals surface area (Å²) in [6, 6.07) is 2.24. The lowest BCUT2D eigenvalue weighted by molar-refractivity contribution is -0.131. The summed E-state index contributed by atoms with van der Waals surface area (Å²) in [7, 11) is 1.85. The number of hydrogen-bond acceptors (Lipinski definition) is 3. The maximum absolute atomic E-state index is 11.1. The van der Waals surface area contributed by atoms with Gasteiger partial charge in [0.15, 0.2) is 0 Å². The second-order valence-electron chi connectivity index (χ2n) is 4.20. The predicted octanol–water partition coefficient (Wildman–Crippen LogP) is 0.716. The van der Waals surface area contributed by atoms with E-state index in [4.69, 9.17) is 5.73 Å². The molecule has 0 saturated heterocycles. The van der Waals surface area contributed by atoms with Crippen LogP contribution in [0.3, 0.4) is 0 Å². The van der Waals surface area contributed by atoms with Crippen LogP contribution in [0.5, 0.6) is 0 Å². The molecule has 1 aromatic rings. The fourth-order valence-corrected chi connectivity index (χ4v) is 1.98. The summed E-state index contributed by atoms with van der Waals surface area (Å²) in [5.41, 5.74) is 6.61. The fraction of sp³-hybridized carbons (Fsp3) is 0.600. The Morgan fingerprint density at radius 3 is 2.80 bits per heavy atom. The van der Waals surface area contributed by atoms with Gasteiger partial charge in [-0.05, 0) is 12.8 Å². The van der Waals surface area contributed by atoms with Crippen LogP contribution in [0.2, 0.25) is 0 Å². The van der Waals surface area contributed by atoms with Gasteiger partial charge in [0.2, 0.25) is 5.91 Å². The van der Waals surface area contributed by atoms with Gasteiger partial charge < -0.3 is 10.6 Å². The van der Waals surface area contributed by atoms with Crippen molar-refractivity contribution in [1.82, 2.24) is 15.1 Å². The Morgan fingerprint density at radius 2 is 2.33 bits per heavy atom. The SMILES string of the molecule is CC(=O)N(C)C1CC(c2cc(N)n[nH]2)C1. The molecule has 5 heteroatoms. The van der Waals surface area contributed by atoms with Crippen molar-refractivity contribution in [3.05, 3.63) is 11.8 Å². The molecule has 0 aromatic carbocycles. The van der Waals surface area contributed by atoms with Crippen LogP contribution < -0.4 is 5.73 Å². The summed E-state index contributed by atoms with van der Waals surface area (Å²) in [5.74, 6) is 1.14.